The Morgan fingerprint density at radius 2 is 1.93 bits per heavy atom. The lowest BCUT2D eigenvalue weighted by atomic mass is 10.1. The Kier molecular flexibility index (Phi) is 8.72. The summed E-state index contributed by atoms with van der Waals surface area (Å²) >= 11 is 0. The molecule has 3 nitrogen and oxygen atoms in total. The van der Waals surface area contributed by atoms with Crippen molar-refractivity contribution in [3.05, 3.63) is 0 Å². The van der Waals surface area contributed by atoms with Gasteiger partial charge in [0.2, 0.25) is 0 Å². The fourth-order valence-electron chi connectivity index (χ4n) is 1.74. The first-order valence-corrected chi connectivity index (χ1v) is 5.23. The predicted molar refractivity (Wildman–Crippen MR) is 52.1 cm³/mol. The van der Waals surface area contributed by atoms with Crippen LogP contribution in [-0.2, 0) is 4.79 Å². The van der Waals surface area contributed by atoms with Crippen LogP contribution in [0.3, 0.4) is 0 Å². The van der Waals surface area contributed by atoms with Crippen molar-refractivity contribution in [3.63, 3.8) is 0 Å². The topological polar surface area (TPSA) is 45.7 Å². The van der Waals surface area contributed by atoms with E-state index in [-0.39, 0.29) is 36.3 Å². The van der Waals surface area contributed by atoms with Crippen molar-refractivity contribution in [1.29, 1.82) is 0 Å². The van der Waals surface area contributed by atoms with Gasteiger partial charge in [-0.3, -0.25) is 5.32 Å². The molecule has 0 aromatic carbocycles. The molecular formula is C10H21Cl2N2O-. The Morgan fingerprint density at radius 3 is 2.33 bits per heavy atom. The number of quaternary nitrogens is 1. The maximum Gasteiger partial charge on any atom is 0.331 e. The molecule has 1 rings (SSSR count). The van der Waals surface area contributed by atoms with Crippen molar-refractivity contribution < 1.29 is 34.9 Å². The first-order chi connectivity index (χ1) is 6.06. The van der Waals surface area contributed by atoms with E-state index in [0.717, 1.165) is 6.42 Å². The van der Waals surface area contributed by atoms with Crippen LogP contribution in [0, 0.1) is 0 Å². The molecule has 0 aliphatic carbocycles. The van der Waals surface area contributed by atoms with E-state index < -0.39 is 0 Å². The van der Waals surface area contributed by atoms with Crippen LogP contribution < -0.4 is 35.4 Å². The minimum atomic E-state index is -0.323. The summed E-state index contributed by atoms with van der Waals surface area (Å²) in [6.07, 6.45) is 5.14. The number of halogens is 2. The van der Waals surface area contributed by atoms with E-state index in [0.29, 0.717) is 6.17 Å². The van der Waals surface area contributed by atoms with E-state index in [1.54, 1.807) is 0 Å². The average molecular weight is 256 g/mol. The predicted octanol–water partition coefficient (Wildman–Crippen LogP) is -5.63. The van der Waals surface area contributed by atoms with Crippen molar-refractivity contribution in [3.8, 4) is 0 Å². The number of nitrogens with one attached hydrogen (secondary N) is 1. The van der Waals surface area contributed by atoms with Gasteiger partial charge in [0.25, 0.3) is 0 Å². The maximum absolute atomic E-state index is 11.4. The van der Waals surface area contributed by atoms with E-state index in [4.69, 9.17) is 0 Å². The van der Waals surface area contributed by atoms with Crippen molar-refractivity contribution >= 4 is 5.91 Å². The highest BCUT2D eigenvalue weighted by Crippen LogP contribution is 2.08. The monoisotopic (exact) mass is 255 g/mol. The average Bonchev–Trinajstić information content (AvgIpc) is 2.27. The summed E-state index contributed by atoms with van der Waals surface area (Å²) in [5.41, 5.74) is -0.323. The van der Waals surface area contributed by atoms with E-state index in [9.17, 15) is 4.79 Å². The molecule has 0 spiro atoms. The summed E-state index contributed by atoms with van der Waals surface area (Å²) in [7, 11) is 0. The number of hydrogen-bond acceptors (Lipinski definition) is 2. The van der Waals surface area contributed by atoms with Crippen LogP contribution in [0.25, 0.3) is 0 Å². The second kappa shape index (κ2) is 7.44. The smallest absolute Gasteiger partial charge is 0.331 e. The van der Waals surface area contributed by atoms with Crippen LogP contribution in [0.2, 0.25) is 0 Å². The lowest BCUT2D eigenvalue weighted by Gasteiger charge is -2.12. The van der Waals surface area contributed by atoms with Crippen LogP contribution in [0.5, 0.6) is 0 Å². The molecular weight excluding hydrogens is 235 g/mol. The van der Waals surface area contributed by atoms with Gasteiger partial charge in [-0.1, -0.05) is 19.8 Å². The summed E-state index contributed by atoms with van der Waals surface area (Å²) in [5, 5.41) is 5.18. The summed E-state index contributed by atoms with van der Waals surface area (Å²) in [6.45, 7) is 6.10. The molecule has 1 amide bonds. The Bertz CT molecular complexity index is 198. The van der Waals surface area contributed by atoms with Gasteiger partial charge in [0.05, 0.1) is 0 Å². The zero-order valence-electron chi connectivity index (χ0n) is 9.65. The quantitative estimate of drug-likeness (QED) is 0.493. The van der Waals surface area contributed by atoms with Crippen molar-refractivity contribution in [2.45, 2.75) is 58.2 Å². The molecule has 0 aromatic rings. The third-order valence-electron chi connectivity index (χ3n) is 2.63. The highest BCUT2D eigenvalue weighted by molar-refractivity contribution is 5.77. The van der Waals surface area contributed by atoms with E-state index >= 15 is 0 Å². The highest BCUT2D eigenvalue weighted by atomic mass is 35.5. The fourth-order valence-corrected chi connectivity index (χ4v) is 1.74. The molecule has 0 bridgehead atoms. The Balaban J connectivity index is 0. The zero-order valence-corrected chi connectivity index (χ0v) is 11.2. The normalized spacial score (nSPS) is 23.1. The molecule has 0 radical (unpaired) electrons. The summed E-state index contributed by atoms with van der Waals surface area (Å²) < 4.78 is 0. The number of carbonyl (C=O) groups is 1. The number of unbranched alkanes of at least 4 members (excludes halogenated alkanes) is 2. The molecule has 5 heteroatoms. The summed E-state index contributed by atoms with van der Waals surface area (Å²) in [4.78, 5) is 11.4. The van der Waals surface area contributed by atoms with Crippen molar-refractivity contribution in [1.82, 2.24) is 5.32 Å². The molecule has 1 saturated heterocycles. The van der Waals surface area contributed by atoms with E-state index in [1.165, 1.54) is 19.3 Å². The van der Waals surface area contributed by atoms with Gasteiger partial charge in [0.15, 0.2) is 0 Å². The first kappa shape index (κ1) is 17.6. The number of amides is 1. The van der Waals surface area contributed by atoms with E-state index in [2.05, 4.69) is 12.2 Å². The van der Waals surface area contributed by atoms with Crippen LogP contribution in [0.4, 0.5) is 0 Å². The molecule has 15 heavy (non-hydrogen) atoms. The molecule has 3 N–H and O–H groups in total. The zero-order chi connectivity index (χ0) is 9.90. The Hall–Kier alpha value is 0.170. The fraction of sp³-hybridized carbons (Fsp3) is 0.900. The van der Waals surface area contributed by atoms with Gasteiger partial charge in [-0.2, -0.15) is 0 Å². The largest absolute Gasteiger partial charge is 1.00 e. The summed E-state index contributed by atoms with van der Waals surface area (Å²) in [5.74, 6) is 0.244. The second-order valence-electron chi connectivity index (χ2n) is 4.40. The molecule has 1 aliphatic heterocycles. The van der Waals surface area contributed by atoms with Gasteiger partial charge in [-0.05, 0) is 20.3 Å². The molecule has 1 atom stereocenters. The van der Waals surface area contributed by atoms with Crippen LogP contribution in [0.1, 0.15) is 46.5 Å². The number of nitrogens with two attached hydrogens (primary N) is 1. The number of carbonyl (C=O) groups excluding carboxylic acids is 1. The van der Waals surface area contributed by atoms with Gasteiger partial charge in [0, 0.05) is 6.42 Å². The lowest BCUT2D eigenvalue weighted by molar-refractivity contribution is -0.596. The Morgan fingerprint density at radius 1 is 1.33 bits per heavy atom. The van der Waals surface area contributed by atoms with Crippen molar-refractivity contribution in [2.75, 3.05) is 0 Å². The van der Waals surface area contributed by atoms with Gasteiger partial charge >= 0.3 is 5.91 Å². The molecule has 92 valence electrons. The van der Waals surface area contributed by atoms with Crippen LogP contribution >= 0.6 is 0 Å². The third-order valence-corrected chi connectivity index (χ3v) is 2.63. The van der Waals surface area contributed by atoms with E-state index in [1.807, 2.05) is 19.2 Å². The Labute approximate surface area is 105 Å². The molecule has 1 fully saturated rings. The first-order valence-electron chi connectivity index (χ1n) is 5.23. The SMILES string of the molecule is CCCCCC1NC(C)(C)C(=O)[NH2+]1.[Cl-].[Cl-]. The van der Waals surface area contributed by atoms with Gasteiger partial charge < -0.3 is 24.8 Å². The van der Waals surface area contributed by atoms with Crippen LogP contribution in [-0.4, -0.2) is 17.6 Å². The minimum absolute atomic E-state index is 0. The molecule has 1 aliphatic rings. The molecule has 0 aromatic heterocycles. The number of rotatable bonds is 4. The molecule has 0 saturated carbocycles. The van der Waals surface area contributed by atoms with Gasteiger partial charge in [0.1, 0.15) is 11.7 Å². The summed E-state index contributed by atoms with van der Waals surface area (Å²) in [6, 6.07) is 0. The van der Waals surface area contributed by atoms with Crippen molar-refractivity contribution in [2.24, 2.45) is 0 Å². The maximum atomic E-state index is 11.4. The molecule has 1 heterocycles. The van der Waals surface area contributed by atoms with Crippen LogP contribution in [0.15, 0.2) is 0 Å². The molecule has 1 unspecified atom stereocenters. The highest BCUT2D eigenvalue weighted by Gasteiger charge is 2.42. The van der Waals surface area contributed by atoms with Gasteiger partial charge in [-0.15, -0.1) is 0 Å². The third kappa shape index (κ3) is 5.16. The number of hydrogen-bond donors (Lipinski definition) is 2. The van der Waals surface area contributed by atoms with Gasteiger partial charge in [-0.25, -0.2) is 10.1 Å². The lowest BCUT2D eigenvalue weighted by Crippen LogP contribution is -3.00. The standard InChI is InChI=1S/C10H20N2O.2ClH/c1-4-5-6-7-8-11-9(13)10(2,3)12-8;;/h8,12H,4-7H2,1-3H3,(H,11,13);2*1H/p-1. The number of primary amides is 1. The minimum Gasteiger partial charge on any atom is -1.00 e. The second-order valence-corrected chi connectivity index (χ2v) is 4.40.